The predicted octanol–water partition coefficient (Wildman–Crippen LogP) is 3.85. The minimum atomic E-state index is -3.14. The van der Waals surface area contributed by atoms with Crippen LogP contribution in [-0.2, 0) is 14.1 Å². The number of benzene rings is 1. The van der Waals surface area contributed by atoms with Gasteiger partial charge in [0, 0.05) is 6.66 Å². The average molecular weight is 327 g/mol. The van der Waals surface area contributed by atoms with Crippen LogP contribution < -0.4 is 9.61 Å². The lowest BCUT2D eigenvalue weighted by Gasteiger charge is -2.21. The lowest BCUT2D eigenvalue weighted by atomic mass is 10.1. The number of hydrogen-bond donors (Lipinski definition) is 1. The third-order valence-corrected chi connectivity index (χ3v) is 4.84. The number of carbonyl (C=O) groups is 1. The Hall–Kier alpha value is -1.32. The Morgan fingerprint density at radius 2 is 1.82 bits per heavy atom. The van der Waals surface area contributed by atoms with Crippen LogP contribution >= 0.6 is 7.52 Å². The SMILES string of the molecule is CCC(CC)COC(=O)[C@H](C)NP(C)(=O)Oc1ccccc1. The number of hydrogen-bond acceptors (Lipinski definition) is 4. The van der Waals surface area contributed by atoms with Gasteiger partial charge in [0.25, 0.3) is 0 Å². The molecule has 5 nitrogen and oxygen atoms in total. The van der Waals surface area contributed by atoms with E-state index in [4.69, 9.17) is 9.26 Å². The molecule has 1 unspecified atom stereocenters. The Balaban J connectivity index is 2.50. The second-order valence-electron chi connectivity index (χ2n) is 5.41. The Morgan fingerprint density at radius 1 is 1.23 bits per heavy atom. The van der Waals surface area contributed by atoms with Gasteiger partial charge in [-0.05, 0) is 25.0 Å². The maximum Gasteiger partial charge on any atom is 0.323 e. The highest BCUT2D eigenvalue weighted by Gasteiger charge is 2.25. The molecule has 0 fully saturated rings. The predicted molar refractivity (Wildman–Crippen MR) is 88.2 cm³/mol. The van der Waals surface area contributed by atoms with Crippen LogP contribution in [0.15, 0.2) is 30.3 Å². The van der Waals surface area contributed by atoms with Crippen molar-refractivity contribution in [1.29, 1.82) is 0 Å². The van der Waals surface area contributed by atoms with Crippen LogP contribution in [0, 0.1) is 5.92 Å². The molecular weight excluding hydrogens is 301 g/mol. The van der Waals surface area contributed by atoms with Crippen LogP contribution in [0.2, 0.25) is 0 Å². The van der Waals surface area contributed by atoms with E-state index >= 15 is 0 Å². The third-order valence-electron chi connectivity index (χ3n) is 3.42. The number of nitrogens with one attached hydrogen (secondary N) is 1. The average Bonchev–Trinajstić information content (AvgIpc) is 2.48. The molecule has 0 saturated carbocycles. The molecule has 0 aliphatic carbocycles. The van der Waals surface area contributed by atoms with Crippen molar-refractivity contribution in [3.63, 3.8) is 0 Å². The first kappa shape index (κ1) is 18.7. The van der Waals surface area contributed by atoms with E-state index in [1.165, 1.54) is 6.66 Å². The number of carbonyl (C=O) groups excluding carboxylic acids is 1. The Kier molecular flexibility index (Phi) is 7.63. The maximum atomic E-state index is 12.4. The first-order valence-electron chi connectivity index (χ1n) is 7.64. The lowest BCUT2D eigenvalue weighted by molar-refractivity contribution is -0.146. The van der Waals surface area contributed by atoms with Gasteiger partial charge in [-0.1, -0.05) is 44.9 Å². The fourth-order valence-corrected chi connectivity index (χ4v) is 3.35. The topological polar surface area (TPSA) is 64.6 Å². The van der Waals surface area contributed by atoms with Gasteiger partial charge >= 0.3 is 13.5 Å². The molecule has 0 amide bonds. The van der Waals surface area contributed by atoms with Crippen molar-refractivity contribution in [3.8, 4) is 5.75 Å². The summed E-state index contributed by atoms with van der Waals surface area (Å²) in [5.74, 6) is 0.453. The summed E-state index contributed by atoms with van der Waals surface area (Å²) in [5, 5.41) is 2.72. The van der Waals surface area contributed by atoms with E-state index < -0.39 is 19.5 Å². The molecule has 1 aromatic carbocycles. The molecule has 6 heteroatoms. The van der Waals surface area contributed by atoms with Crippen molar-refractivity contribution in [2.75, 3.05) is 13.3 Å². The van der Waals surface area contributed by atoms with Crippen LogP contribution in [-0.4, -0.2) is 25.3 Å². The van der Waals surface area contributed by atoms with E-state index in [1.807, 2.05) is 6.07 Å². The summed E-state index contributed by atoms with van der Waals surface area (Å²) in [5.41, 5.74) is 0. The molecule has 0 spiro atoms. The van der Waals surface area contributed by atoms with Gasteiger partial charge in [0.1, 0.15) is 11.8 Å². The largest absolute Gasteiger partial charge is 0.464 e. The number of para-hydroxylation sites is 1. The molecule has 0 aromatic heterocycles. The number of rotatable bonds is 9. The summed E-state index contributed by atoms with van der Waals surface area (Å²) >= 11 is 0. The highest BCUT2D eigenvalue weighted by molar-refractivity contribution is 7.56. The highest BCUT2D eigenvalue weighted by Crippen LogP contribution is 2.39. The van der Waals surface area contributed by atoms with Gasteiger partial charge in [0.15, 0.2) is 0 Å². The van der Waals surface area contributed by atoms with Crippen molar-refractivity contribution in [2.24, 2.45) is 5.92 Å². The lowest BCUT2D eigenvalue weighted by Crippen LogP contribution is -2.35. The van der Waals surface area contributed by atoms with Gasteiger partial charge in [-0.2, -0.15) is 0 Å². The summed E-state index contributed by atoms with van der Waals surface area (Å²) in [7, 11) is -3.14. The zero-order chi connectivity index (χ0) is 16.6. The van der Waals surface area contributed by atoms with Gasteiger partial charge in [0.2, 0.25) is 0 Å². The molecule has 124 valence electrons. The van der Waals surface area contributed by atoms with Crippen LogP contribution in [0.25, 0.3) is 0 Å². The van der Waals surface area contributed by atoms with Gasteiger partial charge in [0.05, 0.1) is 6.61 Å². The molecule has 0 aliphatic rings. The summed E-state index contributed by atoms with van der Waals surface area (Å²) in [6.07, 6.45) is 1.93. The summed E-state index contributed by atoms with van der Waals surface area (Å²) in [4.78, 5) is 11.9. The van der Waals surface area contributed by atoms with Crippen LogP contribution in [0.1, 0.15) is 33.6 Å². The van der Waals surface area contributed by atoms with Gasteiger partial charge in [-0.3, -0.25) is 9.36 Å². The smallest absolute Gasteiger partial charge is 0.323 e. The number of ether oxygens (including phenoxy) is 1. The molecule has 0 bridgehead atoms. The fourth-order valence-electron chi connectivity index (χ4n) is 1.96. The molecular formula is C16H26NO4P. The molecule has 0 heterocycles. The second kappa shape index (κ2) is 8.96. The Morgan fingerprint density at radius 3 is 2.36 bits per heavy atom. The molecule has 1 aromatic rings. The first-order valence-corrected chi connectivity index (χ1v) is 9.71. The monoisotopic (exact) mass is 327 g/mol. The van der Waals surface area contributed by atoms with E-state index in [-0.39, 0.29) is 0 Å². The van der Waals surface area contributed by atoms with Crippen LogP contribution in [0.4, 0.5) is 0 Å². The summed E-state index contributed by atoms with van der Waals surface area (Å²) in [6, 6.07) is 8.18. The van der Waals surface area contributed by atoms with Crippen molar-refractivity contribution in [3.05, 3.63) is 30.3 Å². The first-order chi connectivity index (χ1) is 10.4. The van der Waals surface area contributed by atoms with Crippen molar-refractivity contribution in [1.82, 2.24) is 5.09 Å². The quantitative estimate of drug-likeness (QED) is 0.551. The molecule has 22 heavy (non-hydrogen) atoms. The van der Waals surface area contributed by atoms with E-state index in [0.717, 1.165) is 12.8 Å². The molecule has 1 rings (SSSR count). The van der Waals surface area contributed by atoms with Gasteiger partial charge < -0.3 is 9.26 Å². The minimum Gasteiger partial charge on any atom is -0.464 e. The van der Waals surface area contributed by atoms with E-state index in [2.05, 4.69) is 18.9 Å². The highest BCUT2D eigenvalue weighted by atomic mass is 31.2. The number of esters is 1. The molecule has 0 aliphatic heterocycles. The maximum absolute atomic E-state index is 12.4. The van der Waals surface area contributed by atoms with Crippen LogP contribution in [0.5, 0.6) is 5.75 Å². The third kappa shape index (κ3) is 6.63. The molecule has 0 saturated heterocycles. The Labute approximate surface area is 132 Å². The van der Waals surface area contributed by atoms with E-state index in [9.17, 15) is 9.36 Å². The minimum absolute atomic E-state index is 0.366. The molecule has 0 radical (unpaired) electrons. The van der Waals surface area contributed by atoms with Gasteiger partial charge in [-0.15, -0.1) is 0 Å². The second-order valence-corrected chi connectivity index (χ2v) is 7.55. The van der Waals surface area contributed by atoms with E-state index in [0.29, 0.717) is 18.3 Å². The summed E-state index contributed by atoms with van der Waals surface area (Å²) < 4.78 is 23.1. The fraction of sp³-hybridized carbons (Fsp3) is 0.562. The van der Waals surface area contributed by atoms with Crippen molar-refractivity contribution in [2.45, 2.75) is 39.7 Å². The Bertz CT molecular complexity index is 502. The van der Waals surface area contributed by atoms with Crippen molar-refractivity contribution >= 4 is 13.5 Å². The van der Waals surface area contributed by atoms with E-state index in [1.54, 1.807) is 31.2 Å². The molecule has 1 N–H and O–H groups in total. The molecule has 2 atom stereocenters. The van der Waals surface area contributed by atoms with Gasteiger partial charge in [-0.25, -0.2) is 5.09 Å². The zero-order valence-electron chi connectivity index (χ0n) is 13.7. The normalized spacial score (nSPS) is 15.1. The summed E-state index contributed by atoms with van der Waals surface area (Å²) in [6.45, 7) is 7.60. The van der Waals surface area contributed by atoms with Crippen molar-refractivity contribution < 1.29 is 18.6 Å². The van der Waals surface area contributed by atoms with Crippen LogP contribution in [0.3, 0.4) is 0 Å². The standard InChI is InChI=1S/C16H26NO4P/c1-5-14(6-2)12-20-16(18)13(3)17-22(4,19)21-15-10-8-7-9-11-15/h7-11,13-14H,5-6,12H2,1-4H3,(H,17,19)/t13-,22?/m0/s1. The zero-order valence-corrected chi connectivity index (χ0v) is 14.6.